The number of fused-ring (bicyclic) bond motifs is 1. The maximum atomic E-state index is 13.2. The third kappa shape index (κ3) is 4.36. The molecule has 4 N–H and O–H groups in total. The van der Waals surface area contributed by atoms with Crippen LogP contribution in [-0.4, -0.2) is 82.0 Å². The Balaban J connectivity index is 1.76. The molecule has 2 aliphatic heterocycles. The van der Waals surface area contributed by atoms with E-state index in [1.165, 1.54) is 11.9 Å². The van der Waals surface area contributed by atoms with E-state index in [2.05, 4.69) is 4.99 Å². The zero-order valence-electron chi connectivity index (χ0n) is 17.3. The summed E-state index contributed by atoms with van der Waals surface area (Å²) in [5.74, 6) is -2.20. The zero-order chi connectivity index (χ0) is 23.9. The molecule has 2 aromatic rings. The first-order valence-corrected chi connectivity index (χ1v) is 10.4. The van der Waals surface area contributed by atoms with E-state index >= 15 is 0 Å². The lowest BCUT2D eigenvalue weighted by molar-refractivity contribution is -0.300. The molecular weight excluding hydrogens is 456 g/mol. The average molecular weight is 477 g/mol. The van der Waals surface area contributed by atoms with E-state index in [1.54, 1.807) is 42.5 Å². The number of carboxylic acid groups (broad SMARTS) is 1. The number of halogens is 1. The van der Waals surface area contributed by atoms with Crippen LogP contribution in [0.3, 0.4) is 0 Å². The van der Waals surface area contributed by atoms with E-state index in [1.807, 2.05) is 6.07 Å². The molecule has 0 aliphatic carbocycles. The number of benzene rings is 2. The molecule has 0 unspecified atom stereocenters. The third-order valence-corrected chi connectivity index (χ3v) is 5.72. The van der Waals surface area contributed by atoms with Crippen molar-refractivity contribution in [3.8, 4) is 0 Å². The van der Waals surface area contributed by atoms with Crippen LogP contribution in [0.5, 0.6) is 0 Å². The number of hydrogen-bond acceptors (Lipinski definition) is 8. The van der Waals surface area contributed by atoms with Crippen molar-refractivity contribution in [3.05, 3.63) is 64.7 Å². The molecule has 1 saturated heterocycles. The van der Waals surface area contributed by atoms with E-state index in [0.29, 0.717) is 27.5 Å². The highest BCUT2D eigenvalue weighted by Crippen LogP contribution is 2.32. The van der Waals surface area contributed by atoms with Crippen molar-refractivity contribution in [1.82, 2.24) is 0 Å². The first-order chi connectivity index (χ1) is 15.7. The largest absolute Gasteiger partial charge is 0.479 e. The summed E-state index contributed by atoms with van der Waals surface area (Å²) in [6.45, 7) is 0. The second kappa shape index (κ2) is 9.18. The van der Waals surface area contributed by atoms with Gasteiger partial charge in [-0.1, -0.05) is 41.9 Å². The summed E-state index contributed by atoms with van der Waals surface area (Å²) < 4.78 is 10.8. The van der Waals surface area contributed by atoms with Crippen LogP contribution in [0.15, 0.2) is 53.5 Å². The lowest BCUT2D eigenvalue weighted by atomic mass is 9.99. The van der Waals surface area contributed by atoms with Crippen LogP contribution in [0.25, 0.3) is 0 Å². The number of carbonyl (C=O) groups excluding carboxylic acids is 1. The van der Waals surface area contributed by atoms with Crippen molar-refractivity contribution in [3.63, 3.8) is 0 Å². The van der Waals surface area contributed by atoms with Gasteiger partial charge in [-0.2, -0.15) is 0 Å². The fourth-order valence-electron chi connectivity index (χ4n) is 3.72. The molecule has 0 radical (unpaired) electrons. The number of aliphatic hydroxyl groups excluding tert-OH is 3. The molecule has 0 saturated carbocycles. The number of aliphatic hydroxyl groups is 3. The molecule has 0 spiro atoms. The highest BCUT2D eigenvalue weighted by atomic mass is 35.5. The lowest BCUT2D eigenvalue weighted by Crippen LogP contribution is -2.61. The van der Waals surface area contributed by atoms with Gasteiger partial charge in [0.05, 0.1) is 11.4 Å². The number of anilines is 1. The minimum Gasteiger partial charge on any atom is -0.479 e. The van der Waals surface area contributed by atoms with Crippen LogP contribution in [0.1, 0.15) is 11.1 Å². The van der Waals surface area contributed by atoms with E-state index in [9.17, 15) is 30.0 Å². The summed E-state index contributed by atoms with van der Waals surface area (Å²) in [7, 11) is 1.51. The highest BCUT2D eigenvalue weighted by molar-refractivity contribution is 6.32. The Labute approximate surface area is 193 Å². The number of nitrogens with zero attached hydrogens (tertiary/aromatic N) is 2. The fourth-order valence-corrected chi connectivity index (χ4v) is 3.90. The molecule has 0 bridgehead atoms. The van der Waals surface area contributed by atoms with Crippen LogP contribution in [-0.2, 0) is 19.1 Å². The van der Waals surface area contributed by atoms with E-state index in [4.69, 9.17) is 21.1 Å². The molecule has 2 aromatic carbocycles. The number of carboxylic acids is 1. The molecule has 33 heavy (non-hydrogen) atoms. The summed E-state index contributed by atoms with van der Waals surface area (Å²) in [5, 5.41) is 40.0. The standard InChI is InChI=1S/C22H21ClN2O8/c1-25-13-8-7-11(23)9-12(13)14(10-5-3-2-4-6-10)24-19(20(25)29)33-22-17(28)15(26)16(27)18(32-22)21(30)31/h2-9,15-19,22,26-28H,1H3,(H,30,31)/t15-,16-,17+,18-,19-,22-/m1/s1. The molecule has 0 aromatic heterocycles. The van der Waals surface area contributed by atoms with Crippen molar-refractivity contribution in [2.24, 2.45) is 4.99 Å². The van der Waals surface area contributed by atoms with E-state index in [0.717, 1.165) is 0 Å². The lowest BCUT2D eigenvalue weighted by Gasteiger charge is -2.39. The Morgan fingerprint density at radius 1 is 1.09 bits per heavy atom. The van der Waals surface area contributed by atoms with Crippen LogP contribution in [0.4, 0.5) is 5.69 Å². The number of rotatable bonds is 4. The maximum absolute atomic E-state index is 13.2. The summed E-state index contributed by atoms with van der Waals surface area (Å²) in [5.41, 5.74) is 2.08. The minimum atomic E-state index is -1.89. The number of likely N-dealkylation sites (N-methyl/N-ethyl adjacent to an activating group) is 1. The van der Waals surface area contributed by atoms with Gasteiger partial charge in [0.25, 0.3) is 5.91 Å². The van der Waals surface area contributed by atoms with Gasteiger partial charge in [0.15, 0.2) is 12.4 Å². The van der Waals surface area contributed by atoms with Crippen molar-refractivity contribution < 1.29 is 39.5 Å². The number of aliphatic carboxylic acids is 1. The van der Waals surface area contributed by atoms with Crippen molar-refractivity contribution in [2.45, 2.75) is 36.9 Å². The van der Waals surface area contributed by atoms with Gasteiger partial charge in [-0.05, 0) is 18.2 Å². The molecule has 174 valence electrons. The summed E-state index contributed by atoms with van der Waals surface area (Å²) in [6.07, 6.45) is -10.8. The van der Waals surface area contributed by atoms with Gasteiger partial charge in [0, 0.05) is 23.2 Å². The summed E-state index contributed by atoms with van der Waals surface area (Å²) in [6, 6.07) is 13.9. The van der Waals surface area contributed by atoms with E-state index in [-0.39, 0.29) is 0 Å². The number of aliphatic imine (C=N–C) groups is 1. The Morgan fingerprint density at radius 2 is 1.79 bits per heavy atom. The van der Waals surface area contributed by atoms with Crippen molar-refractivity contribution >= 4 is 34.9 Å². The highest BCUT2D eigenvalue weighted by Gasteiger charge is 2.49. The van der Waals surface area contributed by atoms with Gasteiger partial charge in [0.2, 0.25) is 6.23 Å². The fraction of sp³-hybridized carbons (Fsp3) is 0.318. The topological polar surface area (TPSA) is 149 Å². The zero-order valence-corrected chi connectivity index (χ0v) is 18.0. The molecule has 4 rings (SSSR count). The monoisotopic (exact) mass is 476 g/mol. The second-order valence-electron chi connectivity index (χ2n) is 7.63. The van der Waals surface area contributed by atoms with E-state index < -0.39 is 48.8 Å². The predicted molar refractivity (Wildman–Crippen MR) is 116 cm³/mol. The Bertz CT molecular complexity index is 1100. The summed E-state index contributed by atoms with van der Waals surface area (Å²) in [4.78, 5) is 30.4. The smallest absolute Gasteiger partial charge is 0.335 e. The first kappa shape index (κ1) is 23.3. The van der Waals surface area contributed by atoms with Crippen molar-refractivity contribution in [2.75, 3.05) is 11.9 Å². The van der Waals surface area contributed by atoms with Gasteiger partial charge in [0.1, 0.15) is 18.3 Å². The number of ether oxygens (including phenoxy) is 2. The molecule has 6 atom stereocenters. The van der Waals surface area contributed by atoms with Crippen molar-refractivity contribution in [1.29, 1.82) is 0 Å². The first-order valence-electron chi connectivity index (χ1n) is 9.97. The number of amides is 1. The Kier molecular flexibility index (Phi) is 6.48. The van der Waals surface area contributed by atoms with Crippen LogP contribution >= 0.6 is 11.6 Å². The molecule has 1 fully saturated rings. The average Bonchev–Trinajstić information content (AvgIpc) is 2.90. The molecule has 10 nitrogen and oxygen atoms in total. The minimum absolute atomic E-state index is 0.372. The van der Waals surface area contributed by atoms with Gasteiger partial charge < -0.3 is 34.8 Å². The SMILES string of the molecule is CN1C(=O)[C@@H](O[C@H]2O[C@@H](C(=O)O)[C@H](O)[C@@H](O)[C@@H]2O)N=C(c2ccccc2)c2cc(Cl)ccc21. The molecular formula is C22H21ClN2O8. The summed E-state index contributed by atoms with van der Waals surface area (Å²) >= 11 is 6.20. The molecule has 2 heterocycles. The Hall–Kier alpha value is -2.86. The quantitative estimate of drug-likeness (QED) is 0.495. The molecule has 11 heteroatoms. The maximum Gasteiger partial charge on any atom is 0.335 e. The van der Waals surface area contributed by atoms with Gasteiger partial charge in [-0.15, -0.1) is 0 Å². The predicted octanol–water partition coefficient (Wildman–Crippen LogP) is 0.389. The van der Waals surface area contributed by atoms with Crippen LogP contribution in [0, 0.1) is 0 Å². The number of hydrogen-bond donors (Lipinski definition) is 4. The van der Waals surface area contributed by atoms with Gasteiger partial charge in [-0.3, -0.25) is 4.79 Å². The van der Waals surface area contributed by atoms with Gasteiger partial charge in [-0.25, -0.2) is 9.79 Å². The normalized spacial score (nSPS) is 29.8. The third-order valence-electron chi connectivity index (χ3n) is 5.49. The molecule has 1 amide bonds. The van der Waals surface area contributed by atoms with Gasteiger partial charge >= 0.3 is 5.97 Å². The second-order valence-corrected chi connectivity index (χ2v) is 8.06. The number of benzodiazepines with no additional fused rings is 1. The number of carbonyl (C=O) groups is 2. The van der Waals surface area contributed by atoms with Crippen LogP contribution < -0.4 is 4.90 Å². The Morgan fingerprint density at radius 3 is 2.45 bits per heavy atom. The van der Waals surface area contributed by atoms with Crippen LogP contribution in [0.2, 0.25) is 5.02 Å². The molecule has 2 aliphatic rings.